The quantitative estimate of drug-likeness (QED) is 0.805. The maximum Gasteiger partial charge on any atom is 0.354 e. The number of carboxylic acid groups (broad SMARTS) is 1. The number of alkyl halides is 2. The summed E-state index contributed by atoms with van der Waals surface area (Å²) in [6.45, 7) is -3.13. The second-order valence-electron chi connectivity index (χ2n) is 2.43. The van der Waals surface area contributed by atoms with E-state index in [4.69, 9.17) is 5.11 Å². The summed E-state index contributed by atoms with van der Waals surface area (Å²) >= 11 is 0. The van der Waals surface area contributed by atoms with Gasteiger partial charge in [-0.3, -0.25) is 0 Å². The van der Waals surface area contributed by atoms with Gasteiger partial charge in [-0.15, -0.1) is 0 Å². The van der Waals surface area contributed by atoms with Gasteiger partial charge in [0.05, 0.1) is 6.61 Å². The SMILES string of the molecule is O=C(O)c1ccc(COC(F)F)cn1. The molecule has 14 heavy (non-hydrogen) atoms. The van der Waals surface area contributed by atoms with Crippen molar-refractivity contribution in [3.8, 4) is 0 Å². The van der Waals surface area contributed by atoms with Gasteiger partial charge >= 0.3 is 12.6 Å². The Bertz CT molecular complexity index is 313. The average molecular weight is 203 g/mol. The van der Waals surface area contributed by atoms with Gasteiger partial charge in [-0.2, -0.15) is 8.78 Å². The number of hydrogen-bond donors (Lipinski definition) is 1. The Labute approximate surface area is 78.1 Å². The van der Waals surface area contributed by atoms with Gasteiger partial charge in [0, 0.05) is 6.20 Å². The van der Waals surface area contributed by atoms with Crippen molar-refractivity contribution >= 4 is 5.97 Å². The molecule has 0 aliphatic rings. The molecule has 0 saturated heterocycles. The van der Waals surface area contributed by atoms with Crippen molar-refractivity contribution in [3.63, 3.8) is 0 Å². The molecule has 0 aliphatic carbocycles. The van der Waals surface area contributed by atoms with Gasteiger partial charge in [0.1, 0.15) is 5.69 Å². The van der Waals surface area contributed by atoms with Crippen molar-refractivity contribution in [2.24, 2.45) is 0 Å². The van der Waals surface area contributed by atoms with Gasteiger partial charge < -0.3 is 9.84 Å². The van der Waals surface area contributed by atoms with E-state index in [1.807, 2.05) is 0 Å². The van der Waals surface area contributed by atoms with E-state index >= 15 is 0 Å². The van der Waals surface area contributed by atoms with Crippen LogP contribution in [0.2, 0.25) is 0 Å². The molecule has 0 aliphatic heterocycles. The number of aromatic carboxylic acids is 1. The Kier molecular flexibility index (Phi) is 3.47. The molecule has 0 amide bonds. The lowest BCUT2D eigenvalue weighted by molar-refractivity contribution is -0.137. The van der Waals surface area contributed by atoms with Gasteiger partial charge in [-0.1, -0.05) is 6.07 Å². The molecule has 4 nitrogen and oxygen atoms in total. The number of nitrogens with zero attached hydrogens (tertiary/aromatic N) is 1. The summed E-state index contributed by atoms with van der Waals surface area (Å²) in [6, 6.07) is 2.60. The Balaban J connectivity index is 2.60. The number of aromatic nitrogens is 1. The molecule has 6 heteroatoms. The first-order valence-electron chi connectivity index (χ1n) is 3.67. The van der Waals surface area contributed by atoms with E-state index < -0.39 is 12.6 Å². The maximum absolute atomic E-state index is 11.6. The van der Waals surface area contributed by atoms with Crippen LogP contribution in [0.1, 0.15) is 16.1 Å². The maximum atomic E-state index is 11.6. The van der Waals surface area contributed by atoms with Crippen LogP contribution < -0.4 is 0 Å². The summed E-state index contributed by atoms with van der Waals surface area (Å²) in [5.74, 6) is -1.16. The molecule has 1 rings (SSSR count). The van der Waals surface area contributed by atoms with Gasteiger partial charge in [0.15, 0.2) is 0 Å². The number of halogens is 2. The highest BCUT2D eigenvalue weighted by Crippen LogP contribution is 2.05. The number of ether oxygens (including phenoxy) is 1. The summed E-state index contributed by atoms with van der Waals surface area (Å²) in [5.41, 5.74) is 0.265. The van der Waals surface area contributed by atoms with Crippen molar-refractivity contribution in [2.75, 3.05) is 0 Å². The van der Waals surface area contributed by atoms with E-state index in [1.54, 1.807) is 0 Å². The number of rotatable bonds is 4. The summed E-state index contributed by atoms with van der Waals surface area (Å²) in [6.07, 6.45) is 1.19. The number of carbonyl (C=O) groups is 1. The minimum Gasteiger partial charge on any atom is -0.477 e. The molecule has 0 saturated carbocycles. The Hall–Kier alpha value is -1.56. The van der Waals surface area contributed by atoms with Crippen LogP contribution in [0.4, 0.5) is 8.78 Å². The van der Waals surface area contributed by atoms with E-state index in [2.05, 4.69) is 9.72 Å². The average Bonchev–Trinajstić information content (AvgIpc) is 2.15. The molecule has 0 spiro atoms. The van der Waals surface area contributed by atoms with Crippen LogP contribution >= 0.6 is 0 Å². The molecular formula is C8H7F2NO3. The molecule has 0 radical (unpaired) electrons. The third-order valence-electron chi connectivity index (χ3n) is 1.42. The molecule has 0 atom stereocenters. The van der Waals surface area contributed by atoms with Crippen molar-refractivity contribution < 1.29 is 23.4 Å². The Morgan fingerprint density at radius 1 is 1.57 bits per heavy atom. The second kappa shape index (κ2) is 4.61. The molecule has 1 aromatic rings. The topological polar surface area (TPSA) is 59.4 Å². The largest absolute Gasteiger partial charge is 0.477 e. The first kappa shape index (κ1) is 10.5. The lowest BCUT2D eigenvalue weighted by atomic mass is 10.2. The lowest BCUT2D eigenvalue weighted by Crippen LogP contribution is -2.03. The highest BCUT2D eigenvalue weighted by molar-refractivity contribution is 5.85. The molecule has 1 heterocycles. The molecule has 0 bridgehead atoms. The fraction of sp³-hybridized carbons (Fsp3) is 0.250. The molecule has 1 aromatic heterocycles. The molecule has 1 N–H and O–H groups in total. The van der Waals surface area contributed by atoms with Gasteiger partial charge in [-0.25, -0.2) is 9.78 Å². The Morgan fingerprint density at radius 3 is 2.71 bits per heavy atom. The van der Waals surface area contributed by atoms with E-state index in [0.29, 0.717) is 5.56 Å². The van der Waals surface area contributed by atoms with Gasteiger partial charge in [0.2, 0.25) is 0 Å². The van der Waals surface area contributed by atoms with Crippen LogP contribution in [-0.2, 0) is 11.3 Å². The monoisotopic (exact) mass is 203 g/mol. The van der Waals surface area contributed by atoms with E-state index in [0.717, 1.165) is 0 Å². The van der Waals surface area contributed by atoms with Crippen molar-refractivity contribution in [2.45, 2.75) is 13.2 Å². The zero-order valence-electron chi connectivity index (χ0n) is 6.98. The zero-order chi connectivity index (χ0) is 10.6. The van der Waals surface area contributed by atoms with Crippen LogP contribution in [0.25, 0.3) is 0 Å². The van der Waals surface area contributed by atoms with Gasteiger partial charge in [-0.05, 0) is 11.6 Å². The van der Waals surface area contributed by atoms with Crippen LogP contribution in [0.5, 0.6) is 0 Å². The summed E-state index contributed by atoms with van der Waals surface area (Å²) in [7, 11) is 0. The summed E-state index contributed by atoms with van der Waals surface area (Å²) < 4.78 is 27.2. The fourth-order valence-electron chi connectivity index (χ4n) is 0.796. The van der Waals surface area contributed by atoms with Crippen LogP contribution in [0, 0.1) is 0 Å². The predicted octanol–water partition coefficient (Wildman–Crippen LogP) is 1.52. The first-order chi connectivity index (χ1) is 6.59. The number of pyridine rings is 1. The summed E-state index contributed by atoms with van der Waals surface area (Å²) in [4.78, 5) is 13.9. The molecule has 0 fully saturated rings. The third-order valence-corrected chi connectivity index (χ3v) is 1.42. The zero-order valence-corrected chi connectivity index (χ0v) is 6.98. The highest BCUT2D eigenvalue weighted by Gasteiger charge is 2.05. The third kappa shape index (κ3) is 3.06. The van der Waals surface area contributed by atoms with Crippen LogP contribution in [0.3, 0.4) is 0 Å². The smallest absolute Gasteiger partial charge is 0.354 e. The molecule has 0 aromatic carbocycles. The van der Waals surface area contributed by atoms with Crippen molar-refractivity contribution in [1.82, 2.24) is 4.98 Å². The molecule has 0 unspecified atom stereocenters. The minimum absolute atomic E-state index is 0.134. The second-order valence-corrected chi connectivity index (χ2v) is 2.43. The predicted molar refractivity (Wildman–Crippen MR) is 42.0 cm³/mol. The highest BCUT2D eigenvalue weighted by atomic mass is 19.3. The van der Waals surface area contributed by atoms with E-state index in [-0.39, 0.29) is 12.3 Å². The minimum atomic E-state index is -2.84. The number of carboxylic acids is 1. The number of hydrogen-bond acceptors (Lipinski definition) is 3. The normalized spacial score (nSPS) is 10.5. The van der Waals surface area contributed by atoms with E-state index in [1.165, 1.54) is 18.3 Å². The molecule has 76 valence electrons. The van der Waals surface area contributed by atoms with Crippen molar-refractivity contribution in [1.29, 1.82) is 0 Å². The molecular weight excluding hydrogens is 196 g/mol. The standard InChI is InChI=1S/C8H7F2NO3/c9-8(10)14-4-5-1-2-6(7(12)13)11-3-5/h1-3,8H,4H2,(H,12,13). The van der Waals surface area contributed by atoms with Gasteiger partial charge in [0.25, 0.3) is 0 Å². The van der Waals surface area contributed by atoms with E-state index in [9.17, 15) is 13.6 Å². The lowest BCUT2D eigenvalue weighted by Gasteiger charge is -2.02. The van der Waals surface area contributed by atoms with Crippen LogP contribution in [-0.4, -0.2) is 22.7 Å². The van der Waals surface area contributed by atoms with Crippen molar-refractivity contribution in [3.05, 3.63) is 29.6 Å². The van der Waals surface area contributed by atoms with Crippen LogP contribution in [0.15, 0.2) is 18.3 Å². The fourth-order valence-corrected chi connectivity index (χ4v) is 0.796. The first-order valence-corrected chi connectivity index (χ1v) is 3.67. The summed E-state index contributed by atoms with van der Waals surface area (Å²) in [5, 5.41) is 8.48. The Morgan fingerprint density at radius 2 is 2.29 bits per heavy atom.